The number of carbonyl (C=O) groups is 2. The van der Waals surface area contributed by atoms with E-state index in [0.29, 0.717) is 23.0 Å². The van der Waals surface area contributed by atoms with Crippen molar-refractivity contribution >= 4 is 34.1 Å². The molecule has 0 bridgehead atoms. The topological polar surface area (TPSA) is 92.4 Å². The summed E-state index contributed by atoms with van der Waals surface area (Å²) >= 11 is 1.43. The summed E-state index contributed by atoms with van der Waals surface area (Å²) in [5.74, 6) is 0.148. The molecule has 0 fully saturated rings. The number of benzene rings is 3. The van der Waals surface area contributed by atoms with Crippen LogP contribution in [0.25, 0.3) is 11.3 Å². The smallest absolute Gasteiger partial charge is 0.320 e. The van der Waals surface area contributed by atoms with E-state index < -0.39 is 11.6 Å². The number of para-hydroxylation sites is 2. The number of urea groups is 1. The summed E-state index contributed by atoms with van der Waals surface area (Å²) in [5.41, 5.74) is 2.27. The van der Waals surface area contributed by atoms with Crippen molar-refractivity contribution in [1.82, 2.24) is 10.3 Å². The van der Waals surface area contributed by atoms with Gasteiger partial charge in [-0.25, -0.2) is 9.78 Å². The lowest BCUT2D eigenvalue weighted by atomic mass is 10.1. The van der Waals surface area contributed by atoms with Gasteiger partial charge < -0.3 is 15.4 Å². The van der Waals surface area contributed by atoms with E-state index in [4.69, 9.17) is 9.72 Å². The number of ether oxygens (including phenoxy) is 1. The van der Waals surface area contributed by atoms with Crippen molar-refractivity contribution in [3.63, 3.8) is 0 Å². The maximum Gasteiger partial charge on any atom is 0.320 e. The third-order valence-corrected chi connectivity index (χ3v) is 6.49. The molecular weight excluding hydrogens is 472 g/mol. The number of methoxy groups -OCH3 is 1. The number of nitrogens with one attached hydrogen (secondary N) is 3. The highest BCUT2D eigenvalue weighted by Crippen LogP contribution is 2.33. The minimum atomic E-state index is -1.20. The van der Waals surface area contributed by atoms with Gasteiger partial charge in [0.05, 0.1) is 18.5 Å². The first kappa shape index (κ1) is 24.9. The molecule has 3 aromatic carbocycles. The van der Waals surface area contributed by atoms with Crippen LogP contribution < -0.4 is 20.7 Å². The van der Waals surface area contributed by atoms with Crippen molar-refractivity contribution in [2.24, 2.45) is 0 Å². The molecule has 3 amide bonds. The second-order valence-corrected chi connectivity index (χ2v) is 9.76. The van der Waals surface area contributed by atoms with Crippen LogP contribution in [0.3, 0.4) is 0 Å². The van der Waals surface area contributed by atoms with E-state index in [1.54, 1.807) is 32.0 Å². The molecule has 36 heavy (non-hydrogen) atoms. The molecule has 3 N–H and O–H groups in total. The Labute approximate surface area is 214 Å². The summed E-state index contributed by atoms with van der Waals surface area (Å²) in [4.78, 5) is 31.6. The van der Waals surface area contributed by atoms with E-state index in [2.05, 4.69) is 28.1 Å². The lowest BCUT2D eigenvalue weighted by Crippen LogP contribution is -2.53. The van der Waals surface area contributed by atoms with Crippen molar-refractivity contribution in [3.05, 3.63) is 95.4 Å². The summed E-state index contributed by atoms with van der Waals surface area (Å²) < 4.78 is 5.27. The zero-order valence-corrected chi connectivity index (χ0v) is 21.2. The first-order valence-corrected chi connectivity index (χ1v) is 12.3. The normalized spacial score (nSPS) is 11.0. The first-order chi connectivity index (χ1) is 17.4. The number of anilines is 2. The molecule has 0 aliphatic carbocycles. The fourth-order valence-electron chi connectivity index (χ4n) is 3.62. The third-order valence-electron chi connectivity index (χ3n) is 5.52. The Kier molecular flexibility index (Phi) is 7.65. The average Bonchev–Trinajstić information content (AvgIpc) is 3.27. The summed E-state index contributed by atoms with van der Waals surface area (Å²) in [6.45, 7) is 3.28. The number of amides is 3. The zero-order valence-electron chi connectivity index (χ0n) is 20.4. The number of nitrogens with zero attached hydrogens (tertiary/aromatic N) is 1. The van der Waals surface area contributed by atoms with E-state index in [-0.39, 0.29) is 5.91 Å². The van der Waals surface area contributed by atoms with E-state index in [1.807, 2.05) is 54.6 Å². The van der Waals surface area contributed by atoms with Gasteiger partial charge in [-0.15, -0.1) is 11.3 Å². The minimum absolute atomic E-state index is 0.378. The number of hydrogen-bond donors (Lipinski definition) is 3. The van der Waals surface area contributed by atoms with E-state index >= 15 is 0 Å². The van der Waals surface area contributed by atoms with Gasteiger partial charge in [-0.1, -0.05) is 72.8 Å². The maximum atomic E-state index is 13.1. The number of hydrogen-bond acceptors (Lipinski definition) is 5. The first-order valence-electron chi connectivity index (χ1n) is 11.5. The van der Waals surface area contributed by atoms with Crippen molar-refractivity contribution in [3.8, 4) is 17.0 Å². The van der Waals surface area contributed by atoms with Crippen LogP contribution in [0.1, 0.15) is 24.3 Å². The molecule has 0 atom stereocenters. The van der Waals surface area contributed by atoms with Crippen LogP contribution in [0.4, 0.5) is 15.6 Å². The fourth-order valence-corrected chi connectivity index (χ4v) is 4.64. The highest BCUT2D eigenvalue weighted by atomic mass is 32.1. The Morgan fingerprint density at radius 3 is 2.22 bits per heavy atom. The van der Waals surface area contributed by atoms with Crippen LogP contribution in [0.2, 0.25) is 0 Å². The molecule has 8 heteroatoms. The van der Waals surface area contributed by atoms with Crippen molar-refractivity contribution in [2.45, 2.75) is 25.8 Å². The van der Waals surface area contributed by atoms with Gasteiger partial charge in [0, 0.05) is 16.9 Å². The molecule has 0 saturated heterocycles. The van der Waals surface area contributed by atoms with Gasteiger partial charge in [0.25, 0.3) is 5.91 Å². The predicted molar refractivity (Wildman–Crippen MR) is 145 cm³/mol. The summed E-state index contributed by atoms with van der Waals surface area (Å²) in [6, 6.07) is 26.6. The second kappa shape index (κ2) is 11.0. The Hall–Kier alpha value is -4.17. The molecule has 1 heterocycles. The average molecular weight is 501 g/mol. The molecule has 0 aliphatic rings. The van der Waals surface area contributed by atoms with Gasteiger partial charge in [-0.2, -0.15) is 0 Å². The van der Waals surface area contributed by atoms with Gasteiger partial charge in [0.15, 0.2) is 5.13 Å². The number of rotatable bonds is 8. The van der Waals surface area contributed by atoms with Crippen LogP contribution >= 0.6 is 11.3 Å². The van der Waals surface area contributed by atoms with Crippen LogP contribution in [0.15, 0.2) is 84.9 Å². The standard InChI is InChI=1S/C28H28N4O3S/c1-28(2,32-26(34)29-21-16-10-11-17-22(21)35-3)25(33)31-27-30-24(20-14-8-5-9-15-20)23(36-27)18-19-12-6-4-7-13-19/h4-17H,18H2,1-3H3,(H2,29,32,34)(H,30,31,33). The number of carbonyl (C=O) groups excluding carboxylic acids is 2. The van der Waals surface area contributed by atoms with Gasteiger partial charge in [0.2, 0.25) is 0 Å². The molecule has 1 aromatic heterocycles. The van der Waals surface area contributed by atoms with E-state index in [0.717, 1.165) is 21.7 Å². The Morgan fingerprint density at radius 1 is 0.889 bits per heavy atom. The molecular formula is C28H28N4O3S. The molecule has 0 spiro atoms. The number of aromatic nitrogens is 1. The van der Waals surface area contributed by atoms with Gasteiger partial charge >= 0.3 is 6.03 Å². The van der Waals surface area contributed by atoms with Crippen molar-refractivity contribution in [1.29, 1.82) is 0 Å². The van der Waals surface area contributed by atoms with E-state index in [9.17, 15) is 9.59 Å². The monoisotopic (exact) mass is 500 g/mol. The molecule has 184 valence electrons. The lowest BCUT2D eigenvalue weighted by Gasteiger charge is -2.24. The Morgan fingerprint density at radius 2 is 1.53 bits per heavy atom. The predicted octanol–water partition coefficient (Wildman–Crippen LogP) is 5.95. The third kappa shape index (κ3) is 6.09. The van der Waals surface area contributed by atoms with Crippen molar-refractivity contribution < 1.29 is 14.3 Å². The summed E-state index contributed by atoms with van der Waals surface area (Å²) in [7, 11) is 1.53. The van der Waals surface area contributed by atoms with Gasteiger partial charge in [0.1, 0.15) is 11.3 Å². The maximum absolute atomic E-state index is 13.1. The van der Waals surface area contributed by atoms with Crippen LogP contribution in [-0.4, -0.2) is 29.6 Å². The lowest BCUT2D eigenvalue weighted by molar-refractivity contribution is -0.120. The summed E-state index contributed by atoms with van der Waals surface area (Å²) in [6.07, 6.45) is 0.696. The quantitative estimate of drug-likeness (QED) is 0.279. The molecule has 7 nitrogen and oxygen atoms in total. The molecule has 4 rings (SSSR count). The van der Waals surface area contributed by atoms with Crippen LogP contribution in [0, 0.1) is 0 Å². The highest BCUT2D eigenvalue weighted by Gasteiger charge is 2.31. The fraction of sp³-hybridized carbons (Fsp3) is 0.179. The Bertz CT molecular complexity index is 1340. The van der Waals surface area contributed by atoms with Gasteiger partial charge in [-0.3, -0.25) is 10.1 Å². The molecule has 0 saturated carbocycles. The largest absolute Gasteiger partial charge is 0.495 e. The highest BCUT2D eigenvalue weighted by molar-refractivity contribution is 7.16. The van der Waals surface area contributed by atoms with Crippen LogP contribution in [0.5, 0.6) is 5.75 Å². The minimum Gasteiger partial charge on any atom is -0.495 e. The van der Waals surface area contributed by atoms with Gasteiger partial charge in [-0.05, 0) is 31.5 Å². The number of thiazole rings is 1. The second-order valence-electron chi connectivity index (χ2n) is 8.68. The molecule has 0 unspecified atom stereocenters. The van der Waals surface area contributed by atoms with Crippen LogP contribution in [-0.2, 0) is 11.2 Å². The molecule has 4 aromatic rings. The van der Waals surface area contributed by atoms with Crippen molar-refractivity contribution in [2.75, 3.05) is 17.7 Å². The SMILES string of the molecule is COc1ccccc1NC(=O)NC(C)(C)C(=O)Nc1nc(-c2ccccc2)c(Cc2ccccc2)s1. The summed E-state index contributed by atoms with van der Waals surface area (Å²) in [5, 5.41) is 8.83. The molecule has 0 aliphatic heterocycles. The van der Waals surface area contributed by atoms with E-state index in [1.165, 1.54) is 18.4 Å². The Balaban J connectivity index is 1.50. The zero-order chi connectivity index (χ0) is 25.5. The molecule has 0 radical (unpaired) electrons.